The Hall–Kier alpha value is -1.95. The average Bonchev–Trinajstić information content (AvgIpc) is 3.09. The van der Waals surface area contributed by atoms with Gasteiger partial charge in [0.15, 0.2) is 11.6 Å². The van der Waals surface area contributed by atoms with E-state index in [2.05, 4.69) is 31.9 Å². The monoisotopic (exact) mass is 258 g/mol. The van der Waals surface area contributed by atoms with Gasteiger partial charge in [-0.15, -0.1) is 0 Å². The van der Waals surface area contributed by atoms with Crippen molar-refractivity contribution in [2.24, 2.45) is 0 Å². The minimum absolute atomic E-state index is 0.119. The molecule has 2 heterocycles. The van der Waals surface area contributed by atoms with E-state index in [1.807, 2.05) is 6.07 Å². The number of hydrogen-bond donors (Lipinski definition) is 3. The third kappa shape index (κ3) is 2.73. The second kappa shape index (κ2) is 5.36. The molecule has 0 saturated heterocycles. The van der Waals surface area contributed by atoms with Crippen LogP contribution in [0.15, 0.2) is 18.5 Å². The SMILES string of the molecule is OCc1cncc(Nc2cc([C@H]3C[CH]CC3)[nH]n2)n1. The van der Waals surface area contributed by atoms with E-state index >= 15 is 0 Å². The van der Waals surface area contributed by atoms with Gasteiger partial charge in [0.25, 0.3) is 0 Å². The number of aliphatic hydroxyl groups excluding tert-OH is 1. The number of aromatic amines is 1. The van der Waals surface area contributed by atoms with Gasteiger partial charge in [-0.1, -0.05) is 0 Å². The van der Waals surface area contributed by atoms with Crippen molar-refractivity contribution >= 4 is 11.6 Å². The molecule has 3 N–H and O–H groups in total. The molecule has 1 aliphatic rings. The molecule has 3 rings (SSSR count). The number of nitrogens with zero attached hydrogens (tertiary/aromatic N) is 3. The number of rotatable bonds is 4. The molecule has 0 amide bonds. The Morgan fingerprint density at radius 1 is 1.37 bits per heavy atom. The normalized spacial score (nSPS) is 15.8. The van der Waals surface area contributed by atoms with Gasteiger partial charge >= 0.3 is 0 Å². The van der Waals surface area contributed by atoms with Crippen molar-refractivity contribution in [3.05, 3.63) is 36.3 Å². The first-order valence-corrected chi connectivity index (χ1v) is 6.41. The summed E-state index contributed by atoms with van der Waals surface area (Å²) in [6, 6.07) is 2.01. The molecule has 6 nitrogen and oxygen atoms in total. The predicted octanol–water partition coefficient (Wildman–Crippen LogP) is 1.91. The van der Waals surface area contributed by atoms with Crippen LogP contribution in [-0.4, -0.2) is 25.3 Å². The lowest BCUT2D eigenvalue weighted by Gasteiger charge is -2.04. The van der Waals surface area contributed by atoms with Gasteiger partial charge in [0.2, 0.25) is 0 Å². The van der Waals surface area contributed by atoms with Gasteiger partial charge in [-0.05, 0) is 25.7 Å². The molecule has 2 aromatic heterocycles. The standard InChI is InChI=1S/C13H16N5O/c19-8-10-6-14-7-13(15-10)16-12-5-11(17-18-12)9-3-1-2-4-9/h1,5-7,9,19H,2-4,8H2,(H2,15,16,17,18)/t9-/m0/s1. The summed E-state index contributed by atoms with van der Waals surface area (Å²) in [5, 5.41) is 19.4. The molecule has 1 atom stereocenters. The number of nitrogens with one attached hydrogen (secondary N) is 2. The summed E-state index contributed by atoms with van der Waals surface area (Å²) >= 11 is 0. The maximum absolute atomic E-state index is 9.02. The van der Waals surface area contributed by atoms with Crippen LogP contribution in [0.2, 0.25) is 0 Å². The Labute approximate surface area is 111 Å². The van der Waals surface area contributed by atoms with Crippen LogP contribution in [0.5, 0.6) is 0 Å². The van der Waals surface area contributed by atoms with Gasteiger partial charge in [0.1, 0.15) is 0 Å². The molecule has 1 fully saturated rings. The summed E-state index contributed by atoms with van der Waals surface area (Å²) in [7, 11) is 0. The maximum Gasteiger partial charge on any atom is 0.153 e. The van der Waals surface area contributed by atoms with Gasteiger partial charge in [0, 0.05) is 17.7 Å². The first-order valence-electron chi connectivity index (χ1n) is 6.41. The summed E-state index contributed by atoms with van der Waals surface area (Å²) in [6.45, 7) is -0.119. The zero-order chi connectivity index (χ0) is 13.1. The van der Waals surface area contributed by atoms with Crippen molar-refractivity contribution in [3.8, 4) is 0 Å². The summed E-state index contributed by atoms with van der Waals surface area (Å²) in [6.07, 6.45) is 8.93. The highest BCUT2D eigenvalue weighted by Gasteiger charge is 2.19. The van der Waals surface area contributed by atoms with Gasteiger partial charge in [-0.25, -0.2) is 4.98 Å². The van der Waals surface area contributed by atoms with Crippen molar-refractivity contribution in [2.45, 2.75) is 31.8 Å². The van der Waals surface area contributed by atoms with Gasteiger partial charge in [0.05, 0.1) is 24.7 Å². The van der Waals surface area contributed by atoms with Crippen LogP contribution >= 0.6 is 0 Å². The average molecular weight is 258 g/mol. The molecule has 19 heavy (non-hydrogen) atoms. The van der Waals surface area contributed by atoms with Crippen molar-refractivity contribution in [3.63, 3.8) is 0 Å². The van der Waals surface area contributed by atoms with Crippen LogP contribution in [0.3, 0.4) is 0 Å². The Kier molecular flexibility index (Phi) is 3.41. The Balaban J connectivity index is 1.72. The lowest BCUT2D eigenvalue weighted by molar-refractivity contribution is 0.276. The number of aromatic nitrogens is 4. The van der Waals surface area contributed by atoms with E-state index < -0.39 is 0 Å². The fourth-order valence-electron chi connectivity index (χ4n) is 2.32. The minimum atomic E-state index is -0.119. The molecule has 0 bridgehead atoms. The van der Waals surface area contributed by atoms with Crippen molar-refractivity contribution in [1.82, 2.24) is 20.2 Å². The molecule has 1 radical (unpaired) electrons. The highest BCUT2D eigenvalue weighted by atomic mass is 16.3. The second-order valence-electron chi connectivity index (χ2n) is 4.69. The van der Waals surface area contributed by atoms with Crippen molar-refractivity contribution < 1.29 is 5.11 Å². The summed E-state index contributed by atoms with van der Waals surface area (Å²) in [4.78, 5) is 8.22. The van der Waals surface area contributed by atoms with Gasteiger partial charge in [-0.2, -0.15) is 5.10 Å². The van der Waals surface area contributed by atoms with E-state index in [-0.39, 0.29) is 6.61 Å². The lowest BCUT2D eigenvalue weighted by Crippen LogP contribution is -1.98. The van der Waals surface area contributed by atoms with Crippen LogP contribution < -0.4 is 5.32 Å². The summed E-state index contributed by atoms with van der Waals surface area (Å²) < 4.78 is 0. The molecular formula is C13H16N5O. The largest absolute Gasteiger partial charge is 0.390 e. The van der Waals surface area contributed by atoms with E-state index in [4.69, 9.17) is 5.11 Å². The van der Waals surface area contributed by atoms with Crippen molar-refractivity contribution in [1.29, 1.82) is 0 Å². The molecule has 6 heteroatoms. The second-order valence-corrected chi connectivity index (χ2v) is 4.69. The zero-order valence-electron chi connectivity index (χ0n) is 10.5. The van der Waals surface area contributed by atoms with E-state index in [0.717, 1.165) is 17.9 Å². The summed E-state index contributed by atoms with van der Waals surface area (Å²) in [5.74, 6) is 1.87. The smallest absolute Gasteiger partial charge is 0.153 e. The zero-order valence-corrected chi connectivity index (χ0v) is 10.5. The molecule has 2 aromatic rings. The Morgan fingerprint density at radius 3 is 3.11 bits per heavy atom. The van der Waals surface area contributed by atoms with Crippen LogP contribution in [0, 0.1) is 6.42 Å². The molecule has 1 aliphatic carbocycles. The van der Waals surface area contributed by atoms with E-state index in [0.29, 0.717) is 17.4 Å². The third-order valence-electron chi connectivity index (χ3n) is 3.31. The predicted molar refractivity (Wildman–Crippen MR) is 70.7 cm³/mol. The number of H-pyrrole nitrogens is 1. The van der Waals surface area contributed by atoms with E-state index in [1.54, 1.807) is 6.20 Å². The molecule has 1 saturated carbocycles. The van der Waals surface area contributed by atoms with Gasteiger partial charge < -0.3 is 10.4 Å². The fourth-order valence-corrected chi connectivity index (χ4v) is 2.32. The molecule has 0 aromatic carbocycles. The fraction of sp³-hybridized carbons (Fsp3) is 0.385. The highest BCUT2D eigenvalue weighted by molar-refractivity contribution is 5.51. The number of hydrogen-bond acceptors (Lipinski definition) is 5. The third-order valence-corrected chi connectivity index (χ3v) is 3.31. The highest BCUT2D eigenvalue weighted by Crippen LogP contribution is 2.33. The van der Waals surface area contributed by atoms with Crippen LogP contribution in [0.1, 0.15) is 36.6 Å². The first-order chi connectivity index (χ1) is 9.35. The molecule has 0 unspecified atom stereocenters. The molecule has 0 spiro atoms. The summed E-state index contributed by atoms with van der Waals surface area (Å²) in [5.41, 5.74) is 1.69. The first kappa shape index (κ1) is 12.1. The molecular weight excluding hydrogens is 242 g/mol. The molecule has 0 aliphatic heterocycles. The number of aliphatic hydroxyl groups is 1. The minimum Gasteiger partial charge on any atom is -0.390 e. The van der Waals surface area contributed by atoms with Crippen LogP contribution in [0.4, 0.5) is 11.6 Å². The Morgan fingerprint density at radius 2 is 2.32 bits per heavy atom. The van der Waals surface area contributed by atoms with Crippen molar-refractivity contribution in [2.75, 3.05) is 5.32 Å². The quantitative estimate of drug-likeness (QED) is 0.779. The lowest BCUT2D eigenvalue weighted by atomic mass is 10.0. The Bertz CT molecular complexity index is 547. The van der Waals surface area contributed by atoms with Crippen LogP contribution in [-0.2, 0) is 6.61 Å². The topological polar surface area (TPSA) is 86.7 Å². The molecule has 99 valence electrons. The van der Waals surface area contributed by atoms with E-state index in [1.165, 1.54) is 19.0 Å². The van der Waals surface area contributed by atoms with Gasteiger partial charge in [-0.3, -0.25) is 10.1 Å². The van der Waals surface area contributed by atoms with Crippen LogP contribution in [0.25, 0.3) is 0 Å². The number of anilines is 2. The maximum atomic E-state index is 9.02. The van der Waals surface area contributed by atoms with E-state index in [9.17, 15) is 0 Å².